The zero-order valence-corrected chi connectivity index (χ0v) is 12.3. The van der Waals surface area contributed by atoms with Crippen molar-refractivity contribution in [2.75, 3.05) is 6.54 Å². The van der Waals surface area contributed by atoms with Gasteiger partial charge < -0.3 is 4.74 Å². The summed E-state index contributed by atoms with van der Waals surface area (Å²) in [6, 6.07) is 14.9. The molecule has 0 bridgehead atoms. The second kappa shape index (κ2) is 6.51. The number of rotatable bonds is 5. The first-order chi connectivity index (χ1) is 9.99. The predicted molar refractivity (Wildman–Crippen MR) is 78.4 cm³/mol. The number of esters is 1. The van der Waals surface area contributed by atoms with Crippen LogP contribution in [0.4, 0.5) is 0 Å². The van der Waals surface area contributed by atoms with Crippen LogP contribution in [0.3, 0.4) is 0 Å². The van der Waals surface area contributed by atoms with Crippen LogP contribution in [0.1, 0.15) is 5.56 Å². The minimum atomic E-state index is -3.71. The van der Waals surface area contributed by atoms with E-state index in [2.05, 4.69) is 4.72 Å². The number of aryl methyl sites for hydroxylation is 1. The van der Waals surface area contributed by atoms with Gasteiger partial charge in [-0.25, -0.2) is 8.42 Å². The van der Waals surface area contributed by atoms with Gasteiger partial charge >= 0.3 is 5.97 Å². The summed E-state index contributed by atoms with van der Waals surface area (Å²) in [5, 5.41) is 0. The van der Waals surface area contributed by atoms with Crippen molar-refractivity contribution in [3.8, 4) is 5.75 Å². The Kier molecular flexibility index (Phi) is 4.72. The zero-order chi connectivity index (χ0) is 15.3. The molecular formula is C15H15NO4S. The maximum absolute atomic E-state index is 11.9. The molecule has 0 aliphatic rings. The van der Waals surface area contributed by atoms with Gasteiger partial charge in [0.1, 0.15) is 12.3 Å². The molecule has 2 aromatic carbocycles. The number of ether oxygens (including phenoxy) is 1. The molecule has 110 valence electrons. The Balaban J connectivity index is 1.97. The van der Waals surface area contributed by atoms with E-state index in [1.165, 1.54) is 12.1 Å². The lowest BCUT2D eigenvalue weighted by Crippen LogP contribution is -2.32. The summed E-state index contributed by atoms with van der Waals surface area (Å²) < 4.78 is 31.2. The van der Waals surface area contributed by atoms with Crippen LogP contribution in [0.25, 0.3) is 0 Å². The fourth-order valence-corrected chi connectivity index (χ4v) is 2.66. The molecule has 0 saturated heterocycles. The number of para-hydroxylation sites is 1. The Labute approximate surface area is 123 Å². The first-order valence-corrected chi connectivity index (χ1v) is 7.78. The number of hydrogen-bond donors (Lipinski definition) is 1. The molecule has 0 atom stereocenters. The van der Waals surface area contributed by atoms with Crippen LogP contribution in [0.5, 0.6) is 5.75 Å². The van der Waals surface area contributed by atoms with E-state index in [-0.39, 0.29) is 4.90 Å². The number of benzene rings is 2. The molecular weight excluding hydrogens is 290 g/mol. The van der Waals surface area contributed by atoms with E-state index in [1.54, 1.807) is 43.3 Å². The molecule has 0 aliphatic carbocycles. The third-order valence-electron chi connectivity index (χ3n) is 2.78. The van der Waals surface area contributed by atoms with Crippen LogP contribution in [0.15, 0.2) is 59.5 Å². The minimum absolute atomic E-state index is 0.105. The highest BCUT2D eigenvalue weighted by molar-refractivity contribution is 7.89. The van der Waals surface area contributed by atoms with E-state index in [1.807, 2.05) is 6.07 Å². The van der Waals surface area contributed by atoms with Gasteiger partial charge in [0.2, 0.25) is 10.0 Å². The second-order valence-corrected chi connectivity index (χ2v) is 6.14. The summed E-state index contributed by atoms with van der Waals surface area (Å²) in [7, 11) is -3.71. The van der Waals surface area contributed by atoms with Gasteiger partial charge in [0.05, 0.1) is 4.90 Å². The second-order valence-electron chi connectivity index (χ2n) is 4.38. The SMILES string of the molecule is Cc1ccccc1OC(=O)CNS(=O)(=O)c1ccccc1. The molecule has 5 nitrogen and oxygen atoms in total. The topological polar surface area (TPSA) is 72.5 Å². The summed E-state index contributed by atoms with van der Waals surface area (Å²) in [5.41, 5.74) is 0.803. The summed E-state index contributed by atoms with van der Waals surface area (Å²) >= 11 is 0. The number of sulfonamides is 1. The van der Waals surface area contributed by atoms with Gasteiger partial charge in [0.15, 0.2) is 0 Å². The van der Waals surface area contributed by atoms with E-state index in [9.17, 15) is 13.2 Å². The van der Waals surface area contributed by atoms with Gasteiger partial charge in [-0.1, -0.05) is 36.4 Å². The monoisotopic (exact) mass is 305 g/mol. The van der Waals surface area contributed by atoms with Crippen LogP contribution in [0, 0.1) is 6.92 Å². The molecule has 0 saturated carbocycles. The van der Waals surface area contributed by atoms with E-state index < -0.39 is 22.5 Å². The highest BCUT2D eigenvalue weighted by Crippen LogP contribution is 2.16. The Morgan fingerprint density at radius 3 is 2.33 bits per heavy atom. The Morgan fingerprint density at radius 1 is 1.05 bits per heavy atom. The van der Waals surface area contributed by atoms with E-state index in [0.717, 1.165) is 5.56 Å². The van der Waals surface area contributed by atoms with E-state index >= 15 is 0 Å². The molecule has 2 aromatic rings. The molecule has 0 fully saturated rings. The lowest BCUT2D eigenvalue weighted by Gasteiger charge is -2.08. The van der Waals surface area contributed by atoms with Gasteiger partial charge in [0.25, 0.3) is 0 Å². The molecule has 0 aromatic heterocycles. The maximum Gasteiger partial charge on any atom is 0.326 e. The van der Waals surface area contributed by atoms with Crippen LogP contribution >= 0.6 is 0 Å². The molecule has 0 unspecified atom stereocenters. The van der Waals surface area contributed by atoms with Crippen LogP contribution in [-0.4, -0.2) is 20.9 Å². The summed E-state index contributed by atoms with van der Waals surface area (Å²) in [5.74, 6) is -0.245. The highest BCUT2D eigenvalue weighted by Gasteiger charge is 2.16. The molecule has 0 amide bonds. The van der Waals surface area contributed by atoms with Crippen molar-refractivity contribution >= 4 is 16.0 Å². The van der Waals surface area contributed by atoms with Crippen LogP contribution in [-0.2, 0) is 14.8 Å². The van der Waals surface area contributed by atoms with Gasteiger partial charge in [-0.05, 0) is 30.7 Å². The largest absolute Gasteiger partial charge is 0.425 e. The Hall–Kier alpha value is -2.18. The van der Waals surface area contributed by atoms with Crippen molar-refractivity contribution in [3.05, 3.63) is 60.2 Å². The number of hydrogen-bond acceptors (Lipinski definition) is 4. The lowest BCUT2D eigenvalue weighted by atomic mass is 10.2. The fraction of sp³-hybridized carbons (Fsp3) is 0.133. The average molecular weight is 305 g/mol. The van der Waals surface area contributed by atoms with Crippen LogP contribution < -0.4 is 9.46 Å². The smallest absolute Gasteiger partial charge is 0.326 e. The third kappa shape index (κ3) is 4.14. The molecule has 0 aliphatic heterocycles. The Bertz CT molecular complexity index is 726. The fourth-order valence-electron chi connectivity index (χ4n) is 1.67. The third-order valence-corrected chi connectivity index (χ3v) is 4.19. The molecule has 1 N–H and O–H groups in total. The van der Waals surface area contributed by atoms with Crippen molar-refractivity contribution in [1.82, 2.24) is 4.72 Å². The summed E-state index contributed by atoms with van der Waals surface area (Å²) in [4.78, 5) is 11.8. The molecule has 2 rings (SSSR count). The quantitative estimate of drug-likeness (QED) is 0.676. The average Bonchev–Trinajstić information content (AvgIpc) is 2.49. The summed E-state index contributed by atoms with van der Waals surface area (Å²) in [6.45, 7) is 1.38. The van der Waals surface area contributed by atoms with Crippen molar-refractivity contribution in [1.29, 1.82) is 0 Å². The van der Waals surface area contributed by atoms with Crippen molar-refractivity contribution in [2.24, 2.45) is 0 Å². The number of nitrogens with one attached hydrogen (secondary N) is 1. The lowest BCUT2D eigenvalue weighted by molar-refractivity contribution is -0.133. The maximum atomic E-state index is 11.9. The highest BCUT2D eigenvalue weighted by atomic mass is 32.2. The standard InChI is InChI=1S/C15H15NO4S/c1-12-7-5-6-10-14(12)20-15(17)11-16-21(18,19)13-8-3-2-4-9-13/h2-10,16H,11H2,1H3. The van der Waals surface area contributed by atoms with E-state index in [4.69, 9.17) is 4.74 Å². The number of carbonyl (C=O) groups is 1. The molecule has 0 radical (unpaired) electrons. The van der Waals surface area contributed by atoms with Gasteiger partial charge in [-0.15, -0.1) is 0 Å². The molecule has 0 heterocycles. The van der Waals surface area contributed by atoms with Crippen molar-refractivity contribution in [2.45, 2.75) is 11.8 Å². The van der Waals surface area contributed by atoms with E-state index in [0.29, 0.717) is 5.75 Å². The van der Waals surface area contributed by atoms with Gasteiger partial charge in [0, 0.05) is 0 Å². The normalized spacial score (nSPS) is 11.1. The zero-order valence-electron chi connectivity index (χ0n) is 11.4. The summed E-state index contributed by atoms with van der Waals surface area (Å²) in [6.07, 6.45) is 0. The predicted octanol–water partition coefficient (Wildman–Crippen LogP) is 1.88. The van der Waals surface area contributed by atoms with Crippen molar-refractivity contribution in [3.63, 3.8) is 0 Å². The molecule has 6 heteroatoms. The van der Waals surface area contributed by atoms with Crippen molar-refractivity contribution < 1.29 is 17.9 Å². The molecule has 21 heavy (non-hydrogen) atoms. The molecule has 0 spiro atoms. The first kappa shape index (κ1) is 15.2. The Morgan fingerprint density at radius 2 is 1.67 bits per heavy atom. The minimum Gasteiger partial charge on any atom is -0.425 e. The number of carbonyl (C=O) groups excluding carboxylic acids is 1. The first-order valence-electron chi connectivity index (χ1n) is 6.30. The van der Waals surface area contributed by atoms with Gasteiger partial charge in [-0.3, -0.25) is 4.79 Å². The van der Waals surface area contributed by atoms with Crippen LogP contribution in [0.2, 0.25) is 0 Å². The van der Waals surface area contributed by atoms with Gasteiger partial charge in [-0.2, -0.15) is 4.72 Å².